The van der Waals surface area contributed by atoms with Gasteiger partial charge in [0.05, 0.1) is 18.8 Å². The van der Waals surface area contributed by atoms with Crippen LogP contribution in [0, 0.1) is 12.8 Å². The summed E-state index contributed by atoms with van der Waals surface area (Å²) < 4.78 is 5.24. The van der Waals surface area contributed by atoms with Crippen molar-refractivity contribution in [3.8, 4) is 5.75 Å². The highest BCUT2D eigenvalue weighted by molar-refractivity contribution is 5.96. The molecule has 18 heavy (non-hydrogen) atoms. The van der Waals surface area contributed by atoms with Crippen molar-refractivity contribution >= 4 is 11.6 Å². The van der Waals surface area contributed by atoms with Crippen LogP contribution in [-0.4, -0.2) is 19.1 Å². The van der Waals surface area contributed by atoms with Crippen LogP contribution in [0.1, 0.15) is 25.8 Å². The first kappa shape index (κ1) is 14.5. The summed E-state index contributed by atoms with van der Waals surface area (Å²) in [6.45, 7) is 5.96. The van der Waals surface area contributed by atoms with E-state index in [9.17, 15) is 4.79 Å². The number of rotatable bonds is 5. The largest absolute Gasteiger partial charge is 0.495 e. The smallest absolute Gasteiger partial charge is 0.241 e. The zero-order valence-electron chi connectivity index (χ0n) is 11.5. The van der Waals surface area contributed by atoms with Crippen molar-refractivity contribution < 1.29 is 9.53 Å². The number of carbonyl (C=O) groups excluding carboxylic acids is 1. The minimum Gasteiger partial charge on any atom is -0.495 e. The first-order valence-corrected chi connectivity index (χ1v) is 6.20. The third-order valence-electron chi connectivity index (χ3n) is 3.17. The Kier molecular flexibility index (Phi) is 5.16. The van der Waals surface area contributed by atoms with Gasteiger partial charge in [-0.2, -0.15) is 0 Å². The van der Waals surface area contributed by atoms with Gasteiger partial charge >= 0.3 is 0 Å². The maximum Gasteiger partial charge on any atom is 0.241 e. The van der Waals surface area contributed by atoms with E-state index >= 15 is 0 Å². The van der Waals surface area contributed by atoms with Crippen LogP contribution in [0.25, 0.3) is 0 Å². The lowest BCUT2D eigenvalue weighted by Crippen LogP contribution is -2.40. The van der Waals surface area contributed by atoms with E-state index in [4.69, 9.17) is 10.5 Å². The van der Waals surface area contributed by atoms with Gasteiger partial charge in [-0.15, -0.1) is 0 Å². The summed E-state index contributed by atoms with van der Waals surface area (Å²) in [5.41, 5.74) is 7.63. The molecular formula is C14H22N2O2. The Bertz CT molecular complexity index is 418. The van der Waals surface area contributed by atoms with Crippen LogP contribution in [0.3, 0.4) is 0 Å². The Morgan fingerprint density at radius 1 is 1.50 bits per heavy atom. The van der Waals surface area contributed by atoms with Crippen LogP contribution >= 0.6 is 0 Å². The second-order valence-electron chi connectivity index (χ2n) is 4.60. The first-order chi connectivity index (χ1) is 8.49. The molecule has 0 aliphatic carbocycles. The molecule has 0 saturated heterocycles. The highest BCUT2D eigenvalue weighted by Crippen LogP contribution is 2.25. The van der Waals surface area contributed by atoms with Crippen molar-refractivity contribution in [1.82, 2.24) is 0 Å². The summed E-state index contributed by atoms with van der Waals surface area (Å²) in [7, 11) is 1.58. The predicted octanol–water partition coefficient (Wildman–Crippen LogP) is 2.32. The normalized spacial score (nSPS) is 13.8. The molecule has 1 aromatic rings. The number of carbonyl (C=O) groups is 1. The maximum absolute atomic E-state index is 12.0. The van der Waals surface area contributed by atoms with E-state index in [-0.39, 0.29) is 11.8 Å². The maximum atomic E-state index is 12.0. The Morgan fingerprint density at radius 2 is 2.17 bits per heavy atom. The van der Waals surface area contributed by atoms with Crippen molar-refractivity contribution in [1.29, 1.82) is 0 Å². The molecule has 0 spiro atoms. The summed E-state index contributed by atoms with van der Waals surface area (Å²) in [5.74, 6) is 0.632. The van der Waals surface area contributed by atoms with Crippen LogP contribution < -0.4 is 15.8 Å². The molecule has 0 radical (unpaired) electrons. The number of ether oxygens (including phenoxy) is 1. The molecule has 4 heteroatoms. The molecule has 100 valence electrons. The number of methoxy groups -OCH3 is 1. The topological polar surface area (TPSA) is 64.4 Å². The fourth-order valence-electron chi connectivity index (χ4n) is 1.63. The van der Waals surface area contributed by atoms with Gasteiger partial charge in [0.15, 0.2) is 0 Å². The number of nitrogens with two attached hydrogens (primary N) is 1. The van der Waals surface area contributed by atoms with Gasteiger partial charge in [0.2, 0.25) is 5.91 Å². The third-order valence-corrected chi connectivity index (χ3v) is 3.17. The van der Waals surface area contributed by atoms with Gasteiger partial charge in [0.1, 0.15) is 5.75 Å². The summed E-state index contributed by atoms with van der Waals surface area (Å²) in [5, 5.41) is 2.81. The van der Waals surface area contributed by atoms with Crippen LogP contribution in [-0.2, 0) is 4.79 Å². The SMILES string of the molecule is CC[C@H](C)[C@H](N)C(=O)Nc1ccc(C)cc1OC. The molecule has 1 amide bonds. The molecule has 0 aromatic heterocycles. The number of nitrogens with one attached hydrogen (secondary N) is 1. The molecule has 2 atom stereocenters. The third kappa shape index (κ3) is 3.47. The molecule has 0 fully saturated rings. The van der Waals surface area contributed by atoms with E-state index in [2.05, 4.69) is 5.32 Å². The fraction of sp³-hybridized carbons (Fsp3) is 0.500. The molecule has 3 N–H and O–H groups in total. The van der Waals surface area contributed by atoms with Crippen molar-refractivity contribution in [3.05, 3.63) is 23.8 Å². The Morgan fingerprint density at radius 3 is 2.72 bits per heavy atom. The van der Waals surface area contributed by atoms with E-state index in [1.165, 1.54) is 0 Å². The van der Waals surface area contributed by atoms with Crippen molar-refractivity contribution in [3.63, 3.8) is 0 Å². The molecule has 0 saturated carbocycles. The standard InChI is InChI=1S/C14H22N2O2/c1-5-10(3)13(15)14(17)16-11-7-6-9(2)8-12(11)18-4/h6-8,10,13H,5,15H2,1-4H3,(H,16,17)/t10-,13-/m0/s1. The predicted molar refractivity (Wildman–Crippen MR) is 73.8 cm³/mol. The monoisotopic (exact) mass is 250 g/mol. The summed E-state index contributed by atoms with van der Waals surface area (Å²) >= 11 is 0. The second kappa shape index (κ2) is 6.40. The van der Waals surface area contributed by atoms with Gasteiger partial charge in [-0.05, 0) is 30.5 Å². The molecule has 4 nitrogen and oxygen atoms in total. The van der Waals surface area contributed by atoms with Crippen LogP contribution in [0.15, 0.2) is 18.2 Å². The van der Waals surface area contributed by atoms with E-state index in [0.717, 1.165) is 12.0 Å². The summed E-state index contributed by atoms with van der Waals surface area (Å²) in [6.07, 6.45) is 0.875. The lowest BCUT2D eigenvalue weighted by Gasteiger charge is -2.18. The number of hydrogen-bond donors (Lipinski definition) is 2. The Hall–Kier alpha value is -1.55. The minimum atomic E-state index is -0.499. The summed E-state index contributed by atoms with van der Waals surface area (Å²) in [6, 6.07) is 5.13. The van der Waals surface area contributed by atoms with Gasteiger partial charge in [-0.1, -0.05) is 26.3 Å². The zero-order valence-corrected chi connectivity index (χ0v) is 11.5. The number of amides is 1. The van der Waals surface area contributed by atoms with Crippen molar-refractivity contribution in [2.75, 3.05) is 12.4 Å². The highest BCUT2D eigenvalue weighted by Gasteiger charge is 2.20. The van der Waals surface area contributed by atoms with Crippen molar-refractivity contribution in [2.24, 2.45) is 11.7 Å². The molecular weight excluding hydrogens is 228 g/mol. The number of anilines is 1. The fourth-order valence-corrected chi connectivity index (χ4v) is 1.63. The lowest BCUT2D eigenvalue weighted by molar-refractivity contribution is -0.118. The molecule has 0 aliphatic rings. The van der Waals surface area contributed by atoms with E-state index in [0.29, 0.717) is 11.4 Å². The molecule has 0 aliphatic heterocycles. The van der Waals surface area contributed by atoms with Crippen molar-refractivity contribution in [2.45, 2.75) is 33.2 Å². The Labute approximate surface area is 109 Å². The number of aryl methyl sites for hydroxylation is 1. The number of benzene rings is 1. The average molecular weight is 250 g/mol. The number of hydrogen-bond acceptors (Lipinski definition) is 3. The molecule has 0 heterocycles. The van der Waals surface area contributed by atoms with Gasteiger partial charge in [-0.25, -0.2) is 0 Å². The molecule has 0 unspecified atom stereocenters. The lowest BCUT2D eigenvalue weighted by atomic mass is 9.99. The second-order valence-corrected chi connectivity index (χ2v) is 4.60. The van der Waals surface area contributed by atoms with Gasteiger partial charge in [0.25, 0.3) is 0 Å². The zero-order chi connectivity index (χ0) is 13.7. The minimum absolute atomic E-state index is 0.154. The molecule has 0 bridgehead atoms. The quantitative estimate of drug-likeness (QED) is 0.843. The van der Waals surface area contributed by atoms with Gasteiger partial charge in [-0.3, -0.25) is 4.79 Å². The van der Waals surface area contributed by atoms with Gasteiger partial charge < -0.3 is 15.8 Å². The summed E-state index contributed by atoms with van der Waals surface area (Å²) in [4.78, 5) is 12.0. The van der Waals surface area contributed by atoms with Crippen LogP contribution in [0.2, 0.25) is 0 Å². The van der Waals surface area contributed by atoms with E-state index in [1.54, 1.807) is 7.11 Å². The van der Waals surface area contributed by atoms with E-state index < -0.39 is 6.04 Å². The molecule has 1 rings (SSSR count). The highest BCUT2D eigenvalue weighted by atomic mass is 16.5. The van der Waals surface area contributed by atoms with Crippen LogP contribution in [0.4, 0.5) is 5.69 Å². The van der Waals surface area contributed by atoms with E-state index in [1.807, 2.05) is 39.0 Å². The van der Waals surface area contributed by atoms with Crippen LogP contribution in [0.5, 0.6) is 5.75 Å². The first-order valence-electron chi connectivity index (χ1n) is 6.20. The molecule has 1 aromatic carbocycles. The van der Waals surface area contributed by atoms with Gasteiger partial charge in [0, 0.05) is 0 Å². The Balaban J connectivity index is 2.81. The average Bonchev–Trinajstić information content (AvgIpc) is 2.38.